The zero-order chi connectivity index (χ0) is 8.15. The van der Waals surface area contributed by atoms with E-state index in [0.29, 0.717) is 0 Å². The molecule has 2 unspecified atom stereocenters. The molecule has 0 amide bonds. The number of hydrogen-bond donors (Lipinski definition) is 1. The Kier molecular flexibility index (Phi) is 4.03. The zero-order valence-corrected chi connectivity index (χ0v) is 6.63. The lowest BCUT2D eigenvalue weighted by Gasteiger charge is -2.13. The Morgan fingerprint density at radius 3 is 2.50 bits per heavy atom. The van der Waals surface area contributed by atoms with Crippen LogP contribution in [0.5, 0.6) is 0 Å². The Labute approximate surface area is 61.0 Å². The molecule has 0 fully saturated rings. The summed E-state index contributed by atoms with van der Waals surface area (Å²) in [7, 11) is 1.27. The largest absolute Gasteiger partial charge is 0.467 e. The molecule has 0 radical (unpaired) electrons. The quantitative estimate of drug-likeness (QED) is 0.592. The van der Waals surface area contributed by atoms with Crippen molar-refractivity contribution in [3.05, 3.63) is 0 Å². The number of carbonyl (C=O) groups excluding carboxylic acids is 1. The van der Waals surface area contributed by atoms with Crippen LogP contribution in [0, 0.1) is 5.92 Å². The lowest BCUT2D eigenvalue weighted by atomic mass is 10.0. The van der Waals surface area contributed by atoms with E-state index >= 15 is 0 Å². The number of hydrogen-bond acceptors (Lipinski definition) is 3. The summed E-state index contributed by atoms with van der Waals surface area (Å²) >= 11 is 0. The molecule has 0 heterocycles. The van der Waals surface area contributed by atoms with Crippen LogP contribution in [0.15, 0.2) is 0 Å². The zero-order valence-electron chi connectivity index (χ0n) is 6.63. The van der Waals surface area contributed by atoms with E-state index in [9.17, 15) is 4.79 Å². The van der Waals surface area contributed by atoms with Gasteiger partial charge in [0.1, 0.15) is 0 Å². The van der Waals surface area contributed by atoms with Gasteiger partial charge < -0.3 is 9.84 Å². The number of aliphatic hydroxyl groups excluding tert-OH is 1. The molecule has 0 rings (SSSR count). The Hall–Kier alpha value is -0.570. The van der Waals surface area contributed by atoms with Crippen molar-refractivity contribution in [1.82, 2.24) is 0 Å². The molecule has 0 aliphatic heterocycles. The first-order chi connectivity index (χ1) is 4.63. The van der Waals surface area contributed by atoms with Crippen molar-refractivity contribution < 1.29 is 14.6 Å². The lowest BCUT2D eigenvalue weighted by Crippen LogP contribution is -2.28. The van der Waals surface area contributed by atoms with E-state index in [2.05, 4.69) is 4.74 Å². The maximum absolute atomic E-state index is 10.6. The Bertz CT molecular complexity index is 111. The van der Waals surface area contributed by atoms with Gasteiger partial charge >= 0.3 is 5.97 Å². The number of ether oxygens (including phenoxy) is 1. The van der Waals surface area contributed by atoms with Crippen molar-refractivity contribution in [2.45, 2.75) is 26.4 Å². The molecule has 0 saturated carbocycles. The van der Waals surface area contributed by atoms with E-state index in [-0.39, 0.29) is 5.92 Å². The van der Waals surface area contributed by atoms with Crippen molar-refractivity contribution in [2.24, 2.45) is 5.92 Å². The van der Waals surface area contributed by atoms with Crippen LogP contribution in [0.3, 0.4) is 0 Å². The van der Waals surface area contributed by atoms with E-state index < -0.39 is 12.1 Å². The summed E-state index contributed by atoms with van der Waals surface area (Å²) in [6.07, 6.45) is -0.189. The van der Waals surface area contributed by atoms with Gasteiger partial charge in [0.25, 0.3) is 0 Å². The van der Waals surface area contributed by atoms with Crippen molar-refractivity contribution in [3.8, 4) is 0 Å². The normalized spacial score (nSPS) is 16.0. The summed E-state index contributed by atoms with van der Waals surface area (Å²) in [4.78, 5) is 10.6. The average molecular weight is 146 g/mol. The SMILES string of the molecule is CCC(C)C(O)C(=O)OC. The molecule has 3 heteroatoms. The van der Waals surface area contributed by atoms with Gasteiger partial charge in [-0.3, -0.25) is 0 Å². The molecule has 0 aromatic rings. The highest BCUT2D eigenvalue weighted by Crippen LogP contribution is 2.07. The topological polar surface area (TPSA) is 46.5 Å². The summed E-state index contributed by atoms with van der Waals surface area (Å²) in [5.41, 5.74) is 0. The number of carbonyl (C=O) groups is 1. The third-order valence-electron chi connectivity index (χ3n) is 1.63. The van der Waals surface area contributed by atoms with Crippen LogP contribution in [0.4, 0.5) is 0 Å². The highest BCUT2D eigenvalue weighted by molar-refractivity contribution is 5.74. The third-order valence-corrected chi connectivity index (χ3v) is 1.63. The third kappa shape index (κ3) is 2.35. The standard InChI is InChI=1S/C7H14O3/c1-4-5(2)6(8)7(9)10-3/h5-6,8H,4H2,1-3H3. The monoisotopic (exact) mass is 146 g/mol. The first-order valence-electron chi connectivity index (χ1n) is 3.39. The maximum atomic E-state index is 10.6. The molecule has 0 aromatic carbocycles. The number of methoxy groups -OCH3 is 1. The van der Waals surface area contributed by atoms with Crippen molar-refractivity contribution >= 4 is 5.97 Å². The molecule has 3 nitrogen and oxygen atoms in total. The Morgan fingerprint density at radius 1 is 1.70 bits per heavy atom. The summed E-state index contributed by atoms with van der Waals surface area (Å²) in [6, 6.07) is 0. The van der Waals surface area contributed by atoms with Gasteiger partial charge in [0.05, 0.1) is 7.11 Å². The fourth-order valence-electron chi connectivity index (χ4n) is 0.576. The Morgan fingerprint density at radius 2 is 2.20 bits per heavy atom. The van der Waals surface area contributed by atoms with E-state index in [4.69, 9.17) is 5.11 Å². The minimum absolute atomic E-state index is 0.0209. The first-order valence-corrected chi connectivity index (χ1v) is 3.39. The van der Waals surface area contributed by atoms with Gasteiger partial charge in [-0.1, -0.05) is 20.3 Å². The van der Waals surface area contributed by atoms with Crippen LogP contribution in [0.1, 0.15) is 20.3 Å². The molecule has 1 N–H and O–H groups in total. The second-order valence-electron chi connectivity index (χ2n) is 2.35. The first kappa shape index (κ1) is 9.43. The summed E-state index contributed by atoms with van der Waals surface area (Å²) < 4.78 is 4.35. The highest BCUT2D eigenvalue weighted by Gasteiger charge is 2.20. The van der Waals surface area contributed by atoms with Gasteiger partial charge in [0.2, 0.25) is 0 Å². The minimum atomic E-state index is -0.963. The fraction of sp³-hybridized carbons (Fsp3) is 0.857. The molecule has 0 aliphatic carbocycles. The van der Waals surface area contributed by atoms with E-state index in [1.54, 1.807) is 0 Å². The van der Waals surface area contributed by atoms with E-state index in [0.717, 1.165) is 6.42 Å². The van der Waals surface area contributed by atoms with Crippen LogP contribution in [0.2, 0.25) is 0 Å². The van der Waals surface area contributed by atoms with Crippen LogP contribution in [-0.4, -0.2) is 24.3 Å². The van der Waals surface area contributed by atoms with E-state index in [1.165, 1.54) is 7.11 Å². The molecular formula is C7H14O3. The van der Waals surface area contributed by atoms with Gasteiger partial charge in [0, 0.05) is 0 Å². The van der Waals surface area contributed by atoms with Crippen LogP contribution in [-0.2, 0) is 9.53 Å². The number of aliphatic hydroxyl groups is 1. The van der Waals surface area contributed by atoms with Crippen molar-refractivity contribution in [1.29, 1.82) is 0 Å². The Balaban J connectivity index is 3.81. The predicted octanol–water partition coefficient (Wildman–Crippen LogP) is 0.566. The molecule has 0 aromatic heterocycles. The lowest BCUT2D eigenvalue weighted by molar-refractivity contribution is -0.153. The smallest absolute Gasteiger partial charge is 0.334 e. The summed E-state index contributed by atoms with van der Waals surface area (Å²) in [5.74, 6) is -0.568. The van der Waals surface area contributed by atoms with Crippen molar-refractivity contribution in [3.63, 3.8) is 0 Å². The molecule has 0 aliphatic rings. The maximum Gasteiger partial charge on any atom is 0.334 e. The van der Waals surface area contributed by atoms with Gasteiger partial charge in [-0.15, -0.1) is 0 Å². The van der Waals surface area contributed by atoms with Gasteiger partial charge in [-0.25, -0.2) is 4.79 Å². The van der Waals surface area contributed by atoms with Gasteiger partial charge in [-0.05, 0) is 5.92 Å². The molecule has 0 saturated heterocycles. The van der Waals surface area contributed by atoms with E-state index in [1.807, 2.05) is 13.8 Å². The molecule has 0 spiro atoms. The van der Waals surface area contributed by atoms with Crippen LogP contribution < -0.4 is 0 Å². The van der Waals surface area contributed by atoms with Crippen LogP contribution >= 0.6 is 0 Å². The van der Waals surface area contributed by atoms with Gasteiger partial charge in [0.15, 0.2) is 6.10 Å². The number of rotatable bonds is 3. The highest BCUT2D eigenvalue weighted by atomic mass is 16.5. The predicted molar refractivity (Wildman–Crippen MR) is 37.5 cm³/mol. The molecule has 2 atom stereocenters. The molecule has 0 bridgehead atoms. The molecular weight excluding hydrogens is 132 g/mol. The number of esters is 1. The second-order valence-corrected chi connectivity index (χ2v) is 2.35. The van der Waals surface area contributed by atoms with Crippen molar-refractivity contribution in [2.75, 3.05) is 7.11 Å². The fourth-order valence-corrected chi connectivity index (χ4v) is 0.576. The molecule has 10 heavy (non-hydrogen) atoms. The summed E-state index contributed by atoms with van der Waals surface area (Å²) in [5, 5.41) is 9.11. The molecule has 60 valence electrons. The van der Waals surface area contributed by atoms with Crippen LogP contribution in [0.25, 0.3) is 0 Å². The summed E-state index contributed by atoms with van der Waals surface area (Å²) in [6.45, 7) is 3.72. The average Bonchev–Trinajstić information content (AvgIpc) is 2.00. The van der Waals surface area contributed by atoms with Gasteiger partial charge in [-0.2, -0.15) is 0 Å². The second kappa shape index (κ2) is 4.28. The minimum Gasteiger partial charge on any atom is -0.467 e.